The Hall–Kier alpha value is -5.35. The van der Waals surface area contributed by atoms with Crippen LogP contribution in [0.2, 0.25) is 0 Å². The molecule has 0 aliphatic carbocycles. The van der Waals surface area contributed by atoms with Crippen LogP contribution in [0.25, 0.3) is 22.2 Å². The molecular weight excluding hydrogens is 526 g/mol. The number of amides is 1. The molecule has 0 fully saturated rings. The van der Waals surface area contributed by atoms with Gasteiger partial charge in [0.1, 0.15) is 5.75 Å². The molecule has 7 nitrogen and oxygen atoms in total. The maximum absolute atomic E-state index is 13.6. The maximum atomic E-state index is 13.6. The van der Waals surface area contributed by atoms with Crippen LogP contribution in [0.5, 0.6) is 11.5 Å². The van der Waals surface area contributed by atoms with Gasteiger partial charge in [-0.05, 0) is 79.4 Å². The van der Waals surface area contributed by atoms with Crippen molar-refractivity contribution in [2.75, 3.05) is 11.9 Å². The van der Waals surface area contributed by atoms with Gasteiger partial charge in [-0.1, -0.05) is 48.5 Å². The molecule has 42 heavy (non-hydrogen) atoms. The molecule has 7 heteroatoms. The van der Waals surface area contributed by atoms with Crippen LogP contribution in [-0.2, 0) is 16.1 Å². The second-order valence-electron chi connectivity index (χ2n) is 10.2. The van der Waals surface area contributed by atoms with E-state index in [9.17, 15) is 14.9 Å². The lowest BCUT2D eigenvalue weighted by Gasteiger charge is -2.15. The first-order valence-electron chi connectivity index (χ1n) is 13.7. The molecule has 4 aromatic carbocycles. The number of esters is 1. The van der Waals surface area contributed by atoms with E-state index in [1.165, 1.54) is 6.92 Å². The number of rotatable bonds is 8. The molecule has 0 saturated heterocycles. The van der Waals surface area contributed by atoms with Crippen LogP contribution in [0, 0.1) is 25.2 Å². The van der Waals surface area contributed by atoms with E-state index in [0.29, 0.717) is 45.9 Å². The standard InChI is InChI=1S/C35H31N3O4/c1-5-41-35(40)33-29-18-32(42-28-16-22(2)15-23(3)17-28)30(37-24(4)39)19-31(29)38(34(33)27-9-7-6-8-10-27)21-26-13-11-25(20-36)12-14-26/h6-19H,5,21H2,1-4H3,(H,37,39). The fourth-order valence-corrected chi connectivity index (χ4v) is 5.20. The largest absolute Gasteiger partial charge is 0.462 e. The van der Waals surface area contributed by atoms with E-state index in [4.69, 9.17) is 9.47 Å². The Morgan fingerprint density at radius 1 is 0.929 bits per heavy atom. The van der Waals surface area contributed by atoms with E-state index < -0.39 is 5.97 Å². The van der Waals surface area contributed by atoms with Gasteiger partial charge in [-0.15, -0.1) is 0 Å². The monoisotopic (exact) mass is 557 g/mol. The van der Waals surface area contributed by atoms with Crippen LogP contribution in [0.4, 0.5) is 5.69 Å². The Bertz CT molecular complexity index is 1810. The molecular formula is C35H31N3O4. The molecule has 0 aliphatic rings. The fraction of sp³-hybridized carbons (Fsp3) is 0.171. The zero-order chi connectivity index (χ0) is 29.8. The number of nitrogens with zero attached hydrogens (tertiary/aromatic N) is 2. The van der Waals surface area contributed by atoms with Crippen molar-refractivity contribution < 1.29 is 19.1 Å². The van der Waals surface area contributed by atoms with Crippen LogP contribution in [0.3, 0.4) is 0 Å². The van der Waals surface area contributed by atoms with Crippen LogP contribution < -0.4 is 10.1 Å². The quantitative estimate of drug-likeness (QED) is 0.197. The van der Waals surface area contributed by atoms with Crippen molar-refractivity contribution in [2.24, 2.45) is 0 Å². The lowest BCUT2D eigenvalue weighted by atomic mass is 10.0. The number of hydrogen-bond acceptors (Lipinski definition) is 5. The summed E-state index contributed by atoms with van der Waals surface area (Å²) in [6.07, 6.45) is 0. The van der Waals surface area contributed by atoms with E-state index in [0.717, 1.165) is 27.8 Å². The molecule has 5 aromatic rings. The molecule has 1 aromatic heterocycles. The highest BCUT2D eigenvalue weighted by molar-refractivity contribution is 6.12. The first-order valence-corrected chi connectivity index (χ1v) is 13.7. The third-order valence-corrected chi connectivity index (χ3v) is 6.85. The second kappa shape index (κ2) is 12.0. The maximum Gasteiger partial charge on any atom is 0.340 e. The third-order valence-electron chi connectivity index (χ3n) is 6.85. The third kappa shape index (κ3) is 5.89. The van der Waals surface area contributed by atoms with Crippen molar-refractivity contribution in [1.29, 1.82) is 5.26 Å². The summed E-state index contributed by atoms with van der Waals surface area (Å²) >= 11 is 0. The Morgan fingerprint density at radius 2 is 1.62 bits per heavy atom. The fourth-order valence-electron chi connectivity index (χ4n) is 5.20. The van der Waals surface area contributed by atoms with E-state index in [1.54, 1.807) is 25.1 Å². The molecule has 0 aliphatic heterocycles. The predicted octanol–water partition coefficient (Wildman–Crippen LogP) is 7.77. The molecule has 0 saturated carbocycles. The highest BCUT2D eigenvalue weighted by Crippen LogP contribution is 2.41. The molecule has 1 heterocycles. The average molecular weight is 558 g/mol. The number of ether oxygens (including phenoxy) is 2. The number of fused-ring (bicyclic) bond motifs is 1. The van der Waals surface area contributed by atoms with Gasteiger partial charge in [-0.3, -0.25) is 4.79 Å². The van der Waals surface area contributed by atoms with E-state index >= 15 is 0 Å². The van der Waals surface area contributed by atoms with Crippen molar-refractivity contribution in [2.45, 2.75) is 34.2 Å². The van der Waals surface area contributed by atoms with Crippen LogP contribution in [0.15, 0.2) is 84.9 Å². The Balaban J connectivity index is 1.81. The van der Waals surface area contributed by atoms with Crippen molar-refractivity contribution in [1.82, 2.24) is 4.57 Å². The number of nitriles is 1. The Labute approximate surface area is 244 Å². The highest BCUT2D eigenvalue weighted by Gasteiger charge is 2.27. The smallest absolute Gasteiger partial charge is 0.340 e. The SMILES string of the molecule is CCOC(=O)c1c(-c2ccccc2)n(Cc2ccc(C#N)cc2)c2cc(NC(C)=O)c(Oc3cc(C)cc(C)c3)cc12. The molecule has 0 spiro atoms. The van der Waals surface area contributed by atoms with Gasteiger partial charge in [-0.2, -0.15) is 5.26 Å². The molecule has 0 radical (unpaired) electrons. The van der Waals surface area contributed by atoms with E-state index in [-0.39, 0.29) is 12.5 Å². The lowest BCUT2D eigenvalue weighted by molar-refractivity contribution is -0.114. The van der Waals surface area contributed by atoms with Crippen molar-refractivity contribution in [3.8, 4) is 28.8 Å². The molecule has 0 atom stereocenters. The Morgan fingerprint density at radius 3 is 2.24 bits per heavy atom. The lowest BCUT2D eigenvalue weighted by Crippen LogP contribution is -2.08. The summed E-state index contributed by atoms with van der Waals surface area (Å²) in [7, 11) is 0. The highest BCUT2D eigenvalue weighted by atomic mass is 16.5. The summed E-state index contributed by atoms with van der Waals surface area (Å²) in [6.45, 7) is 7.82. The summed E-state index contributed by atoms with van der Waals surface area (Å²) in [5.74, 6) is 0.322. The van der Waals surface area contributed by atoms with Gasteiger partial charge in [-0.25, -0.2) is 4.79 Å². The summed E-state index contributed by atoms with van der Waals surface area (Å²) < 4.78 is 14.0. The first-order chi connectivity index (χ1) is 20.3. The number of carbonyl (C=O) groups excluding carboxylic acids is 2. The minimum atomic E-state index is -0.454. The Kier molecular flexibility index (Phi) is 8.07. The van der Waals surface area contributed by atoms with Crippen LogP contribution >= 0.6 is 0 Å². The van der Waals surface area contributed by atoms with E-state index in [2.05, 4.69) is 17.5 Å². The molecule has 1 N–H and O–H groups in total. The number of carbonyl (C=O) groups is 2. The number of benzene rings is 4. The summed E-state index contributed by atoms with van der Waals surface area (Å²) in [6, 6.07) is 28.7. The van der Waals surface area contributed by atoms with Gasteiger partial charge in [0.25, 0.3) is 0 Å². The number of anilines is 1. The van der Waals surface area contributed by atoms with Crippen LogP contribution in [0.1, 0.15) is 46.5 Å². The first kappa shape index (κ1) is 28.2. The topological polar surface area (TPSA) is 93.4 Å². The van der Waals surface area contributed by atoms with E-state index in [1.807, 2.05) is 79.1 Å². The normalized spacial score (nSPS) is 10.7. The van der Waals surface area contributed by atoms with Crippen molar-refractivity contribution in [3.63, 3.8) is 0 Å². The molecule has 210 valence electrons. The zero-order valence-corrected chi connectivity index (χ0v) is 24.0. The number of nitrogens with one attached hydrogen (secondary N) is 1. The molecule has 0 bridgehead atoms. The summed E-state index contributed by atoms with van der Waals surface area (Å²) in [5, 5.41) is 12.8. The van der Waals surface area contributed by atoms with Gasteiger partial charge in [0.15, 0.2) is 5.75 Å². The van der Waals surface area contributed by atoms with Gasteiger partial charge in [0, 0.05) is 18.9 Å². The summed E-state index contributed by atoms with van der Waals surface area (Å²) in [5.41, 5.74) is 6.71. The molecule has 1 amide bonds. The second-order valence-corrected chi connectivity index (χ2v) is 10.2. The zero-order valence-electron chi connectivity index (χ0n) is 24.0. The van der Waals surface area contributed by atoms with Crippen LogP contribution in [-0.4, -0.2) is 23.1 Å². The number of aryl methyl sites for hydroxylation is 2. The van der Waals surface area contributed by atoms with Gasteiger partial charge >= 0.3 is 5.97 Å². The van der Waals surface area contributed by atoms with Crippen molar-refractivity contribution >= 4 is 28.5 Å². The number of aromatic nitrogens is 1. The minimum Gasteiger partial charge on any atom is -0.462 e. The summed E-state index contributed by atoms with van der Waals surface area (Å²) in [4.78, 5) is 26.0. The molecule has 0 unspecified atom stereocenters. The van der Waals surface area contributed by atoms with Gasteiger partial charge in [0.2, 0.25) is 5.91 Å². The van der Waals surface area contributed by atoms with Gasteiger partial charge in [0.05, 0.1) is 40.7 Å². The molecule has 5 rings (SSSR count). The minimum absolute atomic E-state index is 0.214. The number of hydrogen-bond donors (Lipinski definition) is 1. The average Bonchev–Trinajstić information content (AvgIpc) is 3.26. The van der Waals surface area contributed by atoms with Gasteiger partial charge < -0.3 is 19.4 Å². The van der Waals surface area contributed by atoms with Crippen molar-refractivity contribution in [3.05, 3.63) is 113 Å². The predicted molar refractivity (Wildman–Crippen MR) is 164 cm³/mol.